The summed E-state index contributed by atoms with van der Waals surface area (Å²) in [4.78, 5) is 23.6. The monoisotopic (exact) mass is 577 g/mol. The molecule has 0 aliphatic rings. The number of ether oxygens (including phenoxy) is 2. The van der Waals surface area contributed by atoms with Crippen molar-refractivity contribution in [3.05, 3.63) is 70.3 Å². The molecule has 6 rings (SSSR count). The Balaban J connectivity index is 1.23. The molecule has 0 N–H and O–H groups in total. The van der Waals surface area contributed by atoms with Gasteiger partial charge in [0.1, 0.15) is 34.4 Å². The molecule has 2 aromatic carbocycles. The Morgan fingerprint density at radius 1 is 1.18 bits per heavy atom. The molecule has 12 heteroatoms. The summed E-state index contributed by atoms with van der Waals surface area (Å²) >= 11 is 2.71. The van der Waals surface area contributed by atoms with Crippen molar-refractivity contribution >= 4 is 44.5 Å². The summed E-state index contributed by atoms with van der Waals surface area (Å²) in [6.45, 7) is 1.69. The third-order valence-corrected chi connectivity index (χ3v) is 8.19. The van der Waals surface area contributed by atoms with E-state index in [4.69, 9.17) is 18.9 Å². The lowest BCUT2D eigenvalue weighted by Gasteiger charge is -2.10. The molecule has 4 aromatic heterocycles. The van der Waals surface area contributed by atoms with E-state index < -0.39 is 6.17 Å². The van der Waals surface area contributed by atoms with E-state index in [-0.39, 0.29) is 12.5 Å². The molecule has 1 atom stereocenters. The summed E-state index contributed by atoms with van der Waals surface area (Å²) in [5, 5.41) is 8.17. The molecule has 1 amide bonds. The van der Waals surface area contributed by atoms with Crippen molar-refractivity contribution in [1.29, 1.82) is 0 Å². The quantitative estimate of drug-likeness (QED) is 0.200. The van der Waals surface area contributed by atoms with E-state index in [0.29, 0.717) is 44.1 Å². The molecule has 204 valence electrons. The first-order valence-electron chi connectivity index (χ1n) is 12.3. The van der Waals surface area contributed by atoms with Gasteiger partial charge < -0.3 is 18.8 Å². The lowest BCUT2D eigenvalue weighted by molar-refractivity contribution is 0.0827. The van der Waals surface area contributed by atoms with Crippen molar-refractivity contribution in [1.82, 2.24) is 24.5 Å². The summed E-state index contributed by atoms with van der Waals surface area (Å²) in [6.07, 6.45) is 0.564. The normalized spacial score (nSPS) is 12.2. The number of amides is 1. The largest absolute Gasteiger partial charge is 0.496 e. The number of halogens is 1. The van der Waals surface area contributed by atoms with E-state index in [1.54, 1.807) is 61.1 Å². The van der Waals surface area contributed by atoms with Gasteiger partial charge in [-0.3, -0.25) is 4.79 Å². The molecule has 0 saturated carbocycles. The number of hydrogen-bond acceptors (Lipinski definition) is 9. The Morgan fingerprint density at radius 2 is 1.98 bits per heavy atom. The van der Waals surface area contributed by atoms with Crippen LogP contribution in [0.3, 0.4) is 0 Å². The summed E-state index contributed by atoms with van der Waals surface area (Å²) in [5.74, 6) is 1.66. The number of fused-ring (bicyclic) bond motifs is 2. The van der Waals surface area contributed by atoms with Crippen LogP contribution in [0.1, 0.15) is 34.2 Å². The zero-order chi connectivity index (χ0) is 28.0. The van der Waals surface area contributed by atoms with Crippen molar-refractivity contribution < 1.29 is 23.1 Å². The van der Waals surface area contributed by atoms with Crippen LogP contribution in [0, 0.1) is 0 Å². The fourth-order valence-corrected chi connectivity index (χ4v) is 5.73. The highest BCUT2D eigenvalue weighted by Crippen LogP contribution is 2.38. The molecule has 0 aliphatic heterocycles. The van der Waals surface area contributed by atoms with Crippen molar-refractivity contribution in [3.8, 4) is 33.5 Å². The van der Waals surface area contributed by atoms with Crippen molar-refractivity contribution in [3.63, 3.8) is 0 Å². The fourth-order valence-electron chi connectivity index (χ4n) is 4.11. The molecule has 40 heavy (non-hydrogen) atoms. The average Bonchev–Trinajstić information content (AvgIpc) is 3.73. The molecule has 0 radical (unpaired) electrons. The lowest BCUT2D eigenvalue weighted by atomic mass is 10.1. The Morgan fingerprint density at radius 3 is 2.67 bits per heavy atom. The van der Waals surface area contributed by atoms with Crippen LogP contribution in [0.2, 0.25) is 0 Å². The molecule has 9 nitrogen and oxygen atoms in total. The van der Waals surface area contributed by atoms with Gasteiger partial charge in [0.05, 0.1) is 24.4 Å². The summed E-state index contributed by atoms with van der Waals surface area (Å²) in [7, 11) is 5.04. The third kappa shape index (κ3) is 4.91. The van der Waals surface area contributed by atoms with Gasteiger partial charge in [-0.2, -0.15) is 5.10 Å². The second-order valence-electron chi connectivity index (χ2n) is 9.27. The van der Waals surface area contributed by atoms with Crippen LogP contribution >= 0.6 is 22.7 Å². The first kappa shape index (κ1) is 26.0. The van der Waals surface area contributed by atoms with E-state index in [1.807, 2.05) is 23.6 Å². The van der Waals surface area contributed by atoms with Gasteiger partial charge >= 0.3 is 0 Å². The molecule has 0 bridgehead atoms. The molecule has 6 aromatic rings. The number of alkyl halides is 1. The smallest absolute Gasteiger partial charge is 0.253 e. The zero-order valence-electron chi connectivity index (χ0n) is 22.0. The number of furan rings is 1. The second-order valence-corrected chi connectivity index (χ2v) is 11.1. The predicted octanol–water partition coefficient (Wildman–Crippen LogP) is 6.65. The van der Waals surface area contributed by atoms with Gasteiger partial charge in [0.2, 0.25) is 4.96 Å². The van der Waals surface area contributed by atoms with Crippen LogP contribution in [0.5, 0.6) is 11.5 Å². The van der Waals surface area contributed by atoms with Crippen LogP contribution < -0.4 is 9.47 Å². The van der Waals surface area contributed by atoms with Crippen LogP contribution in [0.4, 0.5) is 4.39 Å². The molecular formula is C28H24FN5O4S2. The fraction of sp³-hybridized carbons (Fsp3) is 0.214. The number of nitrogens with zero attached hydrogens (tertiary/aromatic N) is 5. The molecule has 4 heterocycles. The molecule has 0 fully saturated rings. The molecule has 1 unspecified atom stereocenters. The van der Waals surface area contributed by atoms with Crippen LogP contribution in [-0.4, -0.2) is 51.6 Å². The average molecular weight is 578 g/mol. The number of thiazole rings is 1. The number of hydrogen-bond donors (Lipinski definition) is 0. The Bertz CT molecular complexity index is 1800. The lowest BCUT2D eigenvalue weighted by Crippen LogP contribution is -2.21. The van der Waals surface area contributed by atoms with Gasteiger partial charge in [0, 0.05) is 42.7 Å². The highest BCUT2D eigenvalue weighted by molar-refractivity contribution is 7.16. The van der Waals surface area contributed by atoms with Crippen molar-refractivity contribution in [2.75, 3.05) is 21.2 Å². The van der Waals surface area contributed by atoms with Crippen LogP contribution in [0.15, 0.2) is 58.5 Å². The third-order valence-electron chi connectivity index (χ3n) is 6.17. The first-order valence-corrected chi connectivity index (χ1v) is 14.0. The zero-order valence-corrected chi connectivity index (χ0v) is 23.7. The number of methoxy groups -OCH3 is 1. The minimum absolute atomic E-state index is 0.0447. The van der Waals surface area contributed by atoms with E-state index in [9.17, 15) is 9.18 Å². The Hall–Kier alpha value is -4.29. The predicted molar refractivity (Wildman–Crippen MR) is 152 cm³/mol. The maximum absolute atomic E-state index is 13.6. The van der Waals surface area contributed by atoms with E-state index in [0.717, 1.165) is 21.7 Å². The van der Waals surface area contributed by atoms with E-state index in [1.165, 1.54) is 29.6 Å². The maximum atomic E-state index is 13.6. The molecular weight excluding hydrogens is 553 g/mol. The number of rotatable bonds is 8. The highest BCUT2D eigenvalue weighted by Gasteiger charge is 2.19. The topological polar surface area (TPSA) is 95.0 Å². The van der Waals surface area contributed by atoms with Crippen molar-refractivity contribution in [2.45, 2.75) is 19.7 Å². The van der Waals surface area contributed by atoms with Gasteiger partial charge in [-0.15, -0.1) is 11.3 Å². The van der Waals surface area contributed by atoms with Gasteiger partial charge in [-0.1, -0.05) is 23.5 Å². The Kier molecular flexibility index (Phi) is 6.72. The van der Waals surface area contributed by atoms with Gasteiger partial charge in [-0.25, -0.2) is 18.9 Å². The van der Waals surface area contributed by atoms with E-state index >= 15 is 0 Å². The van der Waals surface area contributed by atoms with Crippen LogP contribution in [0.25, 0.3) is 38.0 Å². The summed E-state index contributed by atoms with van der Waals surface area (Å²) in [6, 6.07) is 12.9. The number of carbonyl (C=O) groups excluding carboxylic acids is 1. The van der Waals surface area contributed by atoms with E-state index in [2.05, 4.69) is 10.1 Å². The number of aromatic nitrogens is 4. The van der Waals surface area contributed by atoms with Gasteiger partial charge in [0.15, 0.2) is 16.9 Å². The summed E-state index contributed by atoms with van der Waals surface area (Å²) in [5.41, 5.74) is 3.49. The summed E-state index contributed by atoms with van der Waals surface area (Å²) < 4.78 is 32.9. The highest BCUT2D eigenvalue weighted by atomic mass is 32.1. The molecule has 0 spiro atoms. The number of carbonyl (C=O) groups is 1. The number of benzene rings is 2. The Labute approximate surface area is 236 Å². The standard InChI is InChI=1S/C28H24FN5O4S2/c1-15(29)25-32-34-12-21(31-28(34)40-25)24-11-20-22(9-19(36-4)10-23(20)38-24)37-13-18-14-39-26(30-18)16-5-7-17(8-6-16)27(35)33(2)3/h5-12,14-15H,13H2,1-4H3. The van der Waals surface area contributed by atoms with Gasteiger partial charge in [-0.05, 0) is 25.1 Å². The SMILES string of the molecule is COc1cc(OCc2csc(-c3ccc(C(=O)N(C)C)cc3)n2)c2cc(-c3cn4nc(C(C)F)sc4n3)oc2c1. The number of imidazole rings is 1. The van der Waals surface area contributed by atoms with Crippen molar-refractivity contribution in [2.24, 2.45) is 0 Å². The minimum atomic E-state index is -1.15. The first-order chi connectivity index (χ1) is 19.3. The molecule has 0 saturated heterocycles. The minimum Gasteiger partial charge on any atom is -0.496 e. The molecule has 0 aliphatic carbocycles. The van der Waals surface area contributed by atoms with Gasteiger partial charge in [0.25, 0.3) is 5.91 Å². The van der Waals surface area contributed by atoms with Crippen LogP contribution in [-0.2, 0) is 6.61 Å². The maximum Gasteiger partial charge on any atom is 0.253 e. The second kappa shape index (κ2) is 10.4.